The van der Waals surface area contributed by atoms with Gasteiger partial charge in [0.25, 0.3) is 0 Å². The average Bonchev–Trinajstić information content (AvgIpc) is 2.42. The lowest BCUT2D eigenvalue weighted by Gasteiger charge is -2.45. The monoisotopic (exact) mass is 277 g/mol. The SMILES string of the molecule is CN1CCN(Cc2ccnc(C(N)=NO)c2)CC1(C)C. The van der Waals surface area contributed by atoms with E-state index < -0.39 is 0 Å². The Morgan fingerprint density at radius 2 is 2.25 bits per heavy atom. The summed E-state index contributed by atoms with van der Waals surface area (Å²) in [7, 11) is 2.17. The quantitative estimate of drug-likeness (QED) is 0.368. The number of hydrogen-bond donors (Lipinski definition) is 2. The number of rotatable bonds is 3. The van der Waals surface area contributed by atoms with Gasteiger partial charge in [-0.25, -0.2) is 0 Å². The zero-order chi connectivity index (χ0) is 14.8. The van der Waals surface area contributed by atoms with Gasteiger partial charge in [-0.2, -0.15) is 0 Å². The molecular formula is C14H23N5O. The van der Waals surface area contributed by atoms with E-state index in [0.29, 0.717) is 5.69 Å². The summed E-state index contributed by atoms with van der Waals surface area (Å²) in [6.45, 7) is 8.49. The van der Waals surface area contributed by atoms with Gasteiger partial charge in [-0.3, -0.25) is 14.8 Å². The topological polar surface area (TPSA) is 78.0 Å². The molecule has 0 aliphatic carbocycles. The molecule has 1 saturated heterocycles. The van der Waals surface area contributed by atoms with E-state index in [1.807, 2.05) is 12.1 Å². The van der Waals surface area contributed by atoms with Gasteiger partial charge in [0, 0.05) is 37.9 Å². The van der Waals surface area contributed by atoms with Gasteiger partial charge in [-0.1, -0.05) is 5.16 Å². The number of amidine groups is 1. The van der Waals surface area contributed by atoms with E-state index in [-0.39, 0.29) is 11.4 Å². The third-order valence-corrected chi connectivity index (χ3v) is 4.00. The smallest absolute Gasteiger partial charge is 0.188 e. The van der Waals surface area contributed by atoms with Gasteiger partial charge in [0.05, 0.1) is 0 Å². The number of oxime groups is 1. The predicted molar refractivity (Wildman–Crippen MR) is 78.7 cm³/mol. The summed E-state index contributed by atoms with van der Waals surface area (Å²) in [5, 5.41) is 11.7. The number of nitrogens with two attached hydrogens (primary N) is 1. The van der Waals surface area contributed by atoms with Crippen molar-refractivity contribution in [2.45, 2.75) is 25.9 Å². The average molecular weight is 277 g/mol. The Bertz CT molecular complexity index is 500. The van der Waals surface area contributed by atoms with Crippen molar-refractivity contribution in [1.29, 1.82) is 0 Å². The Labute approximate surface area is 119 Å². The van der Waals surface area contributed by atoms with Crippen molar-refractivity contribution in [2.24, 2.45) is 10.9 Å². The summed E-state index contributed by atoms with van der Waals surface area (Å²) in [5.41, 5.74) is 7.39. The summed E-state index contributed by atoms with van der Waals surface area (Å²) in [5.74, 6) is 0.0468. The van der Waals surface area contributed by atoms with Crippen molar-refractivity contribution in [3.05, 3.63) is 29.6 Å². The van der Waals surface area contributed by atoms with Crippen LogP contribution in [0.2, 0.25) is 0 Å². The van der Waals surface area contributed by atoms with Crippen LogP contribution in [0.3, 0.4) is 0 Å². The zero-order valence-corrected chi connectivity index (χ0v) is 12.4. The van der Waals surface area contributed by atoms with Crippen LogP contribution in [0.5, 0.6) is 0 Å². The molecule has 0 spiro atoms. The number of nitrogens with zero attached hydrogens (tertiary/aromatic N) is 4. The molecule has 3 N–H and O–H groups in total. The molecule has 1 aromatic heterocycles. The van der Waals surface area contributed by atoms with Crippen LogP contribution in [0.25, 0.3) is 0 Å². The summed E-state index contributed by atoms with van der Waals surface area (Å²) in [4.78, 5) is 8.91. The van der Waals surface area contributed by atoms with Crippen LogP contribution in [0.1, 0.15) is 25.1 Å². The molecule has 1 aromatic rings. The molecule has 2 rings (SSSR count). The fraction of sp³-hybridized carbons (Fsp3) is 0.571. The standard InChI is InChI=1S/C14H23N5O/c1-14(2)10-19(7-6-18(14)3)9-11-4-5-16-12(8-11)13(15)17-20/h4-5,8,20H,6-7,9-10H2,1-3H3,(H2,15,17). The molecule has 0 bridgehead atoms. The molecule has 0 aromatic carbocycles. The largest absolute Gasteiger partial charge is 0.409 e. The molecule has 110 valence electrons. The minimum absolute atomic E-state index is 0.0468. The van der Waals surface area contributed by atoms with Gasteiger partial charge in [0.1, 0.15) is 5.69 Å². The van der Waals surface area contributed by atoms with Crippen molar-refractivity contribution in [2.75, 3.05) is 26.7 Å². The first-order valence-corrected chi connectivity index (χ1v) is 6.79. The lowest BCUT2D eigenvalue weighted by atomic mass is 9.99. The third-order valence-electron chi connectivity index (χ3n) is 4.00. The second kappa shape index (κ2) is 5.76. The van der Waals surface area contributed by atoms with Crippen LogP contribution < -0.4 is 5.73 Å². The van der Waals surface area contributed by atoms with E-state index in [1.165, 1.54) is 0 Å². The molecular weight excluding hydrogens is 254 g/mol. The van der Waals surface area contributed by atoms with Crippen LogP contribution in [0.15, 0.2) is 23.5 Å². The molecule has 0 atom stereocenters. The predicted octanol–water partition coefficient (Wildman–Crippen LogP) is 0.702. The molecule has 1 aliphatic heterocycles. The molecule has 0 saturated carbocycles. The van der Waals surface area contributed by atoms with Crippen LogP contribution in [-0.2, 0) is 6.54 Å². The number of pyridine rings is 1. The minimum atomic E-state index is 0.0468. The first-order valence-electron chi connectivity index (χ1n) is 6.79. The van der Waals surface area contributed by atoms with Gasteiger partial charge in [-0.05, 0) is 38.6 Å². The van der Waals surface area contributed by atoms with Gasteiger partial charge < -0.3 is 10.9 Å². The number of aromatic nitrogens is 1. The molecule has 6 nitrogen and oxygen atoms in total. The molecule has 6 heteroatoms. The van der Waals surface area contributed by atoms with Gasteiger partial charge in [0.15, 0.2) is 5.84 Å². The Morgan fingerprint density at radius 1 is 1.50 bits per heavy atom. The minimum Gasteiger partial charge on any atom is -0.409 e. The van der Waals surface area contributed by atoms with E-state index in [4.69, 9.17) is 10.9 Å². The molecule has 0 radical (unpaired) electrons. The highest BCUT2D eigenvalue weighted by Gasteiger charge is 2.30. The molecule has 1 aliphatic rings. The van der Waals surface area contributed by atoms with Crippen LogP contribution in [-0.4, -0.2) is 58.0 Å². The summed E-state index contributed by atoms with van der Waals surface area (Å²) in [6, 6.07) is 3.85. The van der Waals surface area contributed by atoms with E-state index in [0.717, 1.165) is 31.7 Å². The Morgan fingerprint density at radius 3 is 2.90 bits per heavy atom. The van der Waals surface area contributed by atoms with Gasteiger partial charge in [0.2, 0.25) is 0 Å². The lowest BCUT2D eigenvalue weighted by Crippen LogP contribution is -2.57. The molecule has 2 heterocycles. The fourth-order valence-corrected chi connectivity index (χ4v) is 2.50. The maximum absolute atomic E-state index is 8.71. The van der Waals surface area contributed by atoms with Crippen LogP contribution >= 0.6 is 0 Å². The second-order valence-corrected chi connectivity index (χ2v) is 5.98. The van der Waals surface area contributed by atoms with Gasteiger partial charge in [-0.15, -0.1) is 0 Å². The van der Waals surface area contributed by atoms with Crippen molar-refractivity contribution in [3.63, 3.8) is 0 Å². The second-order valence-electron chi connectivity index (χ2n) is 5.98. The summed E-state index contributed by atoms with van der Waals surface area (Å²) >= 11 is 0. The van der Waals surface area contributed by atoms with Crippen molar-refractivity contribution >= 4 is 5.84 Å². The maximum atomic E-state index is 8.71. The van der Waals surface area contributed by atoms with Crippen LogP contribution in [0, 0.1) is 0 Å². The molecule has 20 heavy (non-hydrogen) atoms. The van der Waals surface area contributed by atoms with E-state index in [2.05, 4.69) is 40.8 Å². The van der Waals surface area contributed by atoms with Crippen molar-refractivity contribution in [1.82, 2.24) is 14.8 Å². The third kappa shape index (κ3) is 3.26. The highest BCUT2D eigenvalue weighted by atomic mass is 16.4. The molecule has 0 amide bonds. The van der Waals surface area contributed by atoms with E-state index >= 15 is 0 Å². The first-order chi connectivity index (χ1) is 9.42. The summed E-state index contributed by atoms with van der Waals surface area (Å²) < 4.78 is 0. The van der Waals surface area contributed by atoms with Gasteiger partial charge >= 0.3 is 0 Å². The number of likely N-dealkylation sites (N-methyl/N-ethyl adjacent to an activating group) is 1. The highest BCUT2D eigenvalue weighted by Crippen LogP contribution is 2.20. The molecule has 1 fully saturated rings. The Balaban J connectivity index is 2.07. The molecule has 0 unspecified atom stereocenters. The highest BCUT2D eigenvalue weighted by molar-refractivity contribution is 5.95. The lowest BCUT2D eigenvalue weighted by molar-refractivity contribution is 0.0360. The van der Waals surface area contributed by atoms with Crippen molar-refractivity contribution < 1.29 is 5.21 Å². The fourth-order valence-electron chi connectivity index (χ4n) is 2.50. The Kier molecular flexibility index (Phi) is 4.25. The van der Waals surface area contributed by atoms with Crippen LogP contribution in [0.4, 0.5) is 0 Å². The normalized spacial score (nSPS) is 21.1. The zero-order valence-electron chi connectivity index (χ0n) is 12.4. The van der Waals surface area contributed by atoms with E-state index in [9.17, 15) is 0 Å². The number of hydrogen-bond acceptors (Lipinski definition) is 5. The summed E-state index contributed by atoms with van der Waals surface area (Å²) in [6.07, 6.45) is 1.70. The maximum Gasteiger partial charge on any atom is 0.188 e. The Hall–Kier alpha value is -1.66. The first kappa shape index (κ1) is 14.7. The van der Waals surface area contributed by atoms with E-state index in [1.54, 1.807) is 6.20 Å². The number of piperazine rings is 1. The van der Waals surface area contributed by atoms with Crippen molar-refractivity contribution in [3.8, 4) is 0 Å².